The molecule has 0 spiro atoms. The first-order valence-corrected chi connectivity index (χ1v) is 9.04. The predicted molar refractivity (Wildman–Crippen MR) is 103 cm³/mol. The van der Waals surface area contributed by atoms with Crippen LogP contribution in [0.2, 0.25) is 0 Å². The van der Waals surface area contributed by atoms with Crippen LogP contribution in [0.3, 0.4) is 0 Å². The molecule has 0 saturated carbocycles. The summed E-state index contributed by atoms with van der Waals surface area (Å²) in [7, 11) is 0. The van der Waals surface area contributed by atoms with Gasteiger partial charge in [0.15, 0.2) is 0 Å². The third-order valence-corrected chi connectivity index (χ3v) is 4.36. The molecule has 1 amide bonds. The summed E-state index contributed by atoms with van der Waals surface area (Å²) in [5.74, 6) is 0.758. The van der Waals surface area contributed by atoms with Crippen LogP contribution in [0.15, 0.2) is 42.5 Å². The topological polar surface area (TPSA) is 50.8 Å². The van der Waals surface area contributed by atoms with E-state index in [0.717, 1.165) is 37.7 Å². The highest BCUT2D eigenvalue weighted by Crippen LogP contribution is 2.17. The molecule has 0 aliphatic carbocycles. The quantitative estimate of drug-likeness (QED) is 0.811. The molecule has 0 atom stereocenters. The van der Waals surface area contributed by atoms with E-state index in [0.29, 0.717) is 18.7 Å². The summed E-state index contributed by atoms with van der Waals surface area (Å²) < 4.78 is 11.1. The fourth-order valence-corrected chi connectivity index (χ4v) is 3.10. The molecule has 0 radical (unpaired) electrons. The number of carbonyl (C=O) groups excluding carboxylic acids is 1. The number of nitrogens with zero attached hydrogens (tertiary/aromatic N) is 1. The van der Waals surface area contributed by atoms with Gasteiger partial charge in [-0.3, -0.25) is 4.79 Å². The maximum Gasteiger partial charge on any atom is 0.251 e. The van der Waals surface area contributed by atoms with Crippen molar-refractivity contribution in [3.8, 4) is 5.75 Å². The summed E-state index contributed by atoms with van der Waals surface area (Å²) in [6.45, 7) is 8.29. The van der Waals surface area contributed by atoms with Gasteiger partial charge < -0.3 is 19.7 Å². The van der Waals surface area contributed by atoms with E-state index >= 15 is 0 Å². The number of nitrogens with one attached hydrogen (secondary N) is 1. The Balaban J connectivity index is 1.45. The number of benzene rings is 2. The Kier molecular flexibility index (Phi) is 6.12. The fourth-order valence-electron chi connectivity index (χ4n) is 3.10. The molecule has 1 aliphatic heterocycles. The average molecular weight is 354 g/mol. The molecule has 2 aromatic rings. The van der Waals surface area contributed by atoms with E-state index in [1.807, 2.05) is 50.2 Å². The monoisotopic (exact) mass is 354 g/mol. The van der Waals surface area contributed by atoms with Gasteiger partial charge in [0.05, 0.1) is 19.8 Å². The fraction of sp³-hybridized carbons (Fsp3) is 0.381. The van der Waals surface area contributed by atoms with Crippen LogP contribution in [-0.2, 0) is 4.74 Å². The Morgan fingerprint density at radius 2 is 1.73 bits per heavy atom. The number of aryl methyl sites for hydroxylation is 2. The van der Waals surface area contributed by atoms with Gasteiger partial charge in [-0.25, -0.2) is 0 Å². The maximum atomic E-state index is 12.3. The Bertz CT molecular complexity index is 717. The predicted octanol–water partition coefficient (Wildman–Crippen LogP) is 2.95. The molecule has 1 aliphatic rings. The van der Waals surface area contributed by atoms with Gasteiger partial charge in [0.25, 0.3) is 5.91 Å². The molecule has 1 N–H and O–H groups in total. The second-order valence-electron chi connectivity index (χ2n) is 6.57. The Morgan fingerprint density at radius 1 is 1.08 bits per heavy atom. The SMILES string of the molecule is Cc1cc(C)cc(OCCNC(=O)c2ccc(N3CCOCC3)cc2)c1. The summed E-state index contributed by atoms with van der Waals surface area (Å²) in [5, 5.41) is 2.90. The molecule has 2 aromatic carbocycles. The van der Waals surface area contributed by atoms with E-state index in [1.54, 1.807) is 0 Å². The van der Waals surface area contributed by atoms with Crippen molar-refractivity contribution in [1.82, 2.24) is 5.32 Å². The zero-order chi connectivity index (χ0) is 18.4. The van der Waals surface area contributed by atoms with Gasteiger partial charge in [-0.1, -0.05) is 6.07 Å². The molecule has 1 heterocycles. The minimum absolute atomic E-state index is 0.0810. The highest BCUT2D eigenvalue weighted by molar-refractivity contribution is 5.94. The van der Waals surface area contributed by atoms with Crippen LogP contribution in [0.25, 0.3) is 0 Å². The molecule has 138 valence electrons. The van der Waals surface area contributed by atoms with Crippen LogP contribution < -0.4 is 15.0 Å². The zero-order valence-electron chi connectivity index (χ0n) is 15.5. The summed E-state index contributed by atoms with van der Waals surface area (Å²) in [5.41, 5.74) is 4.13. The van der Waals surface area contributed by atoms with Crippen LogP contribution in [0.4, 0.5) is 5.69 Å². The summed E-state index contributed by atoms with van der Waals surface area (Å²) in [4.78, 5) is 14.5. The molecule has 26 heavy (non-hydrogen) atoms. The molecule has 1 saturated heterocycles. The van der Waals surface area contributed by atoms with E-state index in [9.17, 15) is 4.79 Å². The van der Waals surface area contributed by atoms with Crippen LogP contribution in [0, 0.1) is 13.8 Å². The van der Waals surface area contributed by atoms with Crippen molar-refractivity contribution >= 4 is 11.6 Å². The molecule has 0 unspecified atom stereocenters. The summed E-state index contributed by atoms with van der Waals surface area (Å²) in [6.07, 6.45) is 0. The molecule has 5 heteroatoms. The van der Waals surface area contributed by atoms with Gasteiger partial charge in [0.1, 0.15) is 12.4 Å². The van der Waals surface area contributed by atoms with Crippen molar-refractivity contribution in [3.63, 3.8) is 0 Å². The van der Waals surface area contributed by atoms with Crippen LogP contribution in [0.5, 0.6) is 5.75 Å². The summed E-state index contributed by atoms with van der Waals surface area (Å²) >= 11 is 0. The van der Waals surface area contributed by atoms with Gasteiger partial charge in [-0.2, -0.15) is 0 Å². The van der Waals surface area contributed by atoms with Crippen molar-refractivity contribution in [2.45, 2.75) is 13.8 Å². The first-order valence-electron chi connectivity index (χ1n) is 9.04. The van der Waals surface area contributed by atoms with E-state index in [2.05, 4.69) is 16.3 Å². The summed E-state index contributed by atoms with van der Waals surface area (Å²) in [6, 6.07) is 13.8. The Hall–Kier alpha value is -2.53. The lowest BCUT2D eigenvalue weighted by Gasteiger charge is -2.28. The lowest BCUT2D eigenvalue weighted by atomic mass is 10.1. The first kappa shape index (κ1) is 18.3. The number of anilines is 1. The van der Waals surface area contributed by atoms with Crippen LogP contribution >= 0.6 is 0 Å². The number of amides is 1. The lowest BCUT2D eigenvalue weighted by Crippen LogP contribution is -2.36. The van der Waals surface area contributed by atoms with E-state index in [-0.39, 0.29) is 5.91 Å². The first-order chi connectivity index (χ1) is 12.6. The van der Waals surface area contributed by atoms with Crippen molar-refractivity contribution in [3.05, 3.63) is 59.2 Å². The Morgan fingerprint density at radius 3 is 2.38 bits per heavy atom. The van der Waals surface area contributed by atoms with Gasteiger partial charge in [-0.15, -0.1) is 0 Å². The van der Waals surface area contributed by atoms with Gasteiger partial charge in [0, 0.05) is 24.3 Å². The third kappa shape index (κ3) is 4.99. The zero-order valence-corrected chi connectivity index (χ0v) is 15.5. The van der Waals surface area contributed by atoms with Crippen molar-refractivity contribution < 1.29 is 14.3 Å². The largest absolute Gasteiger partial charge is 0.492 e. The minimum atomic E-state index is -0.0810. The van der Waals surface area contributed by atoms with Crippen LogP contribution in [0.1, 0.15) is 21.5 Å². The number of ether oxygens (including phenoxy) is 2. The molecule has 3 rings (SSSR count). The molecule has 1 fully saturated rings. The average Bonchev–Trinajstić information content (AvgIpc) is 2.65. The van der Waals surface area contributed by atoms with Crippen molar-refractivity contribution in [2.24, 2.45) is 0 Å². The highest BCUT2D eigenvalue weighted by Gasteiger charge is 2.12. The van der Waals surface area contributed by atoms with E-state index < -0.39 is 0 Å². The normalized spacial score (nSPS) is 14.2. The van der Waals surface area contributed by atoms with Gasteiger partial charge >= 0.3 is 0 Å². The highest BCUT2D eigenvalue weighted by atomic mass is 16.5. The van der Waals surface area contributed by atoms with Gasteiger partial charge in [0.2, 0.25) is 0 Å². The standard InChI is InChI=1S/C21H26N2O3/c1-16-13-17(2)15-20(14-16)26-10-7-22-21(24)18-3-5-19(6-4-18)23-8-11-25-12-9-23/h3-6,13-15H,7-12H2,1-2H3,(H,22,24). The van der Waals surface area contributed by atoms with E-state index in [4.69, 9.17) is 9.47 Å². The number of rotatable bonds is 6. The minimum Gasteiger partial charge on any atom is -0.492 e. The molecular formula is C21H26N2O3. The molecule has 0 bridgehead atoms. The molecular weight excluding hydrogens is 328 g/mol. The smallest absolute Gasteiger partial charge is 0.251 e. The van der Waals surface area contributed by atoms with Crippen LogP contribution in [-0.4, -0.2) is 45.4 Å². The van der Waals surface area contributed by atoms with E-state index in [1.165, 1.54) is 11.1 Å². The second kappa shape index (κ2) is 8.72. The maximum absolute atomic E-state index is 12.3. The second-order valence-corrected chi connectivity index (χ2v) is 6.57. The third-order valence-electron chi connectivity index (χ3n) is 4.36. The lowest BCUT2D eigenvalue weighted by molar-refractivity contribution is 0.0947. The number of hydrogen-bond acceptors (Lipinski definition) is 4. The van der Waals surface area contributed by atoms with Crippen molar-refractivity contribution in [2.75, 3.05) is 44.4 Å². The Labute approximate surface area is 154 Å². The number of morpholine rings is 1. The number of carbonyl (C=O) groups is 1. The molecule has 0 aromatic heterocycles. The number of hydrogen-bond donors (Lipinski definition) is 1. The van der Waals surface area contributed by atoms with Gasteiger partial charge in [-0.05, 0) is 61.4 Å². The van der Waals surface area contributed by atoms with Crippen molar-refractivity contribution in [1.29, 1.82) is 0 Å². The molecule has 5 nitrogen and oxygen atoms in total.